The lowest BCUT2D eigenvalue weighted by atomic mass is 9.86. The van der Waals surface area contributed by atoms with Crippen LogP contribution in [0.2, 0.25) is 0 Å². The molecule has 0 spiro atoms. The zero-order valence-electron chi connectivity index (χ0n) is 19.6. The van der Waals surface area contributed by atoms with Crippen molar-refractivity contribution < 1.29 is 0 Å². The molecule has 1 aliphatic rings. The van der Waals surface area contributed by atoms with E-state index in [2.05, 4.69) is 127 Å². The van der Waals surface area contributed by atoms with Gasteiger partial charge in [-0.15, -0.1) is 11.3 Å². The number of aromatic nitrogens is 1. The number of benzene rings is 4. The third kappa shape index (κ3) is 3.29. The lowest BCUT2D eigenvalue weighted by Crippen LogP contribution is -2.10. The monoisotopic (exact) mass is 467 g/mol. The molecule has 0 fully saturated rings. The Labute approximate surface area is 209 Å². The van der Waals surface area contributed by atoms with Crippen LogP contribution in [0.3, 0.4) is 0 Å². The van der Waals surface area contributed by atoms with E-state index < -0.39 is 0 Å². The molecule has 35 heavy (non-hydrogen) atoms. The van der Waals surface area contributed by atoms with E-state index in [0.717, 1.165) is 6.42 Å². The molecule has 2 aromatic heterocycles. The Kier molecular flexibility index (Phi) is 4.75. The summed E-state index contributed by atoms with van der Waals surface area (Å²) < 4.78 is 2.50. The van der Waals surface area contributed by atoms with Crippen LogP contribution in [0, 0.1) is 0 Å². The smallest absolute Gasteiger partial charge is 0.0538 e. The average molecular weight is 468 g/mol. The summed E-state index contributed by atoms with van der Waals surface area (Å²) >= 11 is 1.94. The van der Waals surface area contributed by atoms with Crippen LogP contribution in [-0.2, 0) is 6.42 Å². The van der Waals surface area contributed by atoms with Crippen molar-refractivity contribution in [3.05, 3.63) is 127 Å². The zero-order valence-corrected chi connectivity index (χ0v) is 20.4. The minimum absolute atomic E-state index is 0.484. The van der Waals surface area contributed by atoms with Crippen LogP contribution in [0.25, 0.3) is 48.6 Å². The molecule has 2 heterocycles. The summed E-state index contributed by atoms with van der Waals surface area (Å²) in [6.07, 6.45) is 1.04. The Morgan fingerprint density at radius 2 is 1.31 bits per heavy atom. The molecule has 4 aromatic carbocycles. The van der Waals surface area contributed by atoms with Crippen molar-refractivity contribution in [3.63, 3.8) is 0 Å². The third-order valence-corrected chi connectivity index (χ3v) is 8.50. The molecular weight excluding hydrogens is 442 g/mol. The van der Waals surface area contributed by atoms with Crippen molar-refractivity contribution in [2.24, 2.45) is 0 Å². The molecule has 168 valence electrons. The third-order valence-electron chi connectivity index (χ3n) is 7.28. The lowest BCUT2D eigenvalue weighted by Gasteiger charge is -2.22. The molecule has 0 aliphatic heterocycles. The standard InChI is InChI=1S/C33H25NS/c1-22-20-30-32(33-28(22)21-31(35-33)25-12-6-3-7-13-25)27-14-8-9-15-29(27)34(30)26-18-16-24(17-19-26)23-10-4-2-5-11-23/h2-19,21-22H,20H2,1H3. The fraction of sp³-hybridized carbons (Fsp3) is 0.0909. The number of fused-ring (bicyclic) bond motifs is 5. The summed E-state index contributed by atoms with van der Waals surface area (Å²) in [7, 11) is 0. The van der Waals surface area contributed by atoms with Crippen LogP contribution in [0.4, 0.5) is 0 Å². The summed E-state index contributed by atoms with van der Waals surface area (Å²) in [6.45, 7) is 2.38. The van der Waals surface area contributed by atoms with Gasteiger partial charge >= 0.3 is 0 Å². The molecule has 0 amide bonds. The van der Waals surface area contributed by atoms with Gasteiger partial charge in [0.2, 0.25) is 0 Å². The Bertz CT molecular complexity index is 1650. The van der Waals surface area contributed by atoms with E-state index in [0.29, 0.717) is 5.92 Å². The molecule has 1 aliphatic carbocycles. The van der Waals surface area contributed by atoms with E-state index in [4.69, 9.17) is 0 Å². The molecule has 0 bridgehead atoms. The van der Waals surface area contributed by atoms with E-state index in [1.165, 1.54) is 59.9 Å². The van der Waals surface area contributed by atoms with Crippen LogP contribution in [-0.4, -0.2) is 4.57 Å². The molecule has 1 nitrogen and oxygen atoms in total. The van der Waals surface area contributed by atoms with Gasteiger partial charge in [-0.25, -0.2) is 0 Å². The SMILES string of the molecule is CC1Cc2c(c3ccccc3n2-c2ccc(-c3ccccc3)cc2)-c2sc(-c3ccccc3)cc21. The molecule has 1 unspecified atom stereocenters. The highest BCUT2D eigenvalue weighted by atomic mass is 32.1. The van der Waals surface area contributed by atoms with Crippen molar-refractivity contribution in [1.29, 1.82) is 0 Å². The maximum Gasteiger partial charge on any atom is 0.0538 e. The number of para-hydroxylation sites is 1. The first-order chi connectivity index (χ1) is 17.3. The van der Waals surface area contributed by atoms with Crippen molar-refractivity contribution in [3.8, 4) is 37.7 Å². The fourth-order valence-corrected chi connectivity index (χ4v) is 6.95. The van der Waals surface area contributed by atoms with Crippen molar-refractivity contribution in [2.45, 2.75) is 19.3 Å². The normalized spacial score (nSPS) is 14.6. The Morgan fingerprint density at radius 1 is 0.686 bits per heavy atom. The van der Waals surface area contributed by atoms with Gasteiger partial charge in [0.05, 0.1) is 5.52 Å². The van der Waals surface area contributed by atoms with Crippen LogP contribution >= 0.6 is 11.3 Å². The van der Waals surface area contributed by atoms with Gasteiger partial charge in [-0.05, 0) is 58.9 Å². The van der Waals surface area contributed by atoms with Crippen molar-refractivity contribution >= 4 is 22.2 Å². The topological polar surface area (TPSA) is 4.93 Å². The van der Waals surface area contributed by atoms with Crippen LogP contribution in [0.15, 0.2) is 115 Å². The Morgan fingerprint density at radius 3 is 2.06 bits per heavy atom. The quantitative estimate of drug-likeness (QED) is 0.244. The first-order valence-electron chi connectivity index (χ1n) is 12.3. The Hall–Kier alpha value is -3.88. The van der Waals surface area contributed by atoms with Crippen LogP contribution in [0.5, 0.6) is 0 Å². The zero-order chi connectivity index (χ0) is 23.4. The molecule has 0 saturated carbocycles. The van der Waals surface area contributed by atoms with E-state index in [-0.39, 0.29) is 0 Å². The fourth-order valence-electron chi connectivity index (χ4n) is 5.58. The minimum Gasteiger partial charge on any atom is -0.313 e. The second kappa shape index (κ2) is 8.11. The summed E-state index contributed by atoms with van der Waals surface area (Å²) in [5.41, 5.74) is 10.7. The highest BCUT2D eigenvalue weighted by Gasteiger charge is 2.30. The van der Waals surface area contributed by atoms with Gasteiger partial charge in [0.25, 0.3) is 0 Å². The average Bonchev–Trinajstić information content (AvgIpc) is 3.50. The number of thiophene rings is 1. The largest absolute Gasteiger partial charge is 0.313 e. The van der Waals surface area contributed by atoms with Gasteiger partial charge in [-0.1, -0.05) is 97.9 Å². The summed E-state index contributed by atoms with van der Waals surface area (Å²) in [4.78, 5) is 2.80. The second-order valence-corrected chi connectivity index (χ2v) is 10.5. The molecule has 0 saturated heterocycles. The van der Waals surface area contributed by atoms with Gasteiger partial charge < -0.3 is 4.57 Å². The first kappa shape index (κ1) is 20.5. The highest BCUT2D eigenvalue weighted by molar-refractivity contribution is 7.19. The number of nitrogens with zero attached hydrogens (tertiary/aromatic N) is 1. The van der Waals surface area contributed by atoms with E-state index in [9.17, 15) is 0 Å². The van der Waals surface area contributed by atoms with Gasteiger partial charge in [-0.3, -0.25) is 0 Å². The van der Waals surface area contributed by atoms with E-state index >= 15 is 0 Å². The molecule has 0 radical (unpaired) electrons. The number of rotatable bonds is 3. The van der Waals surface area contributed by atoms with Crippen LogP contribution < -0.4 is 0 Å². The van der Waals surface area contributed by atoms with E-state index in [1.807, 2.05) is 11.3 Å². The van der Waals surface area contributed by atoms with Gasteiger partial charge in [0.1, 0.15) is 0 Å². The highest BCUT2D eigenvalue weighted by Crippen LogP contribution is 2.51. The number of hydrogen-bond acceptors (Lipinski definition) is 1. The first-order valence-corrected chi connectivity index (χ1v) is 13.1. The molecule has 6 aromatic rings. The minimum atomic E-state index is 0.484. The predicted molar refractivity (Wildman–Crippen MR) is 150 cm³/mol. The molecular formula is C33H25NS. The van der Waals surface area contributed by atoms with Gasteiger partial charge in [-0.2, -0.15) is 0 Å². The summed E-state index contributed by atoms with van der Waals surface area (Å²) in [5.74, 6) is 0.484. The van der Waals surface area contributed by atoms with Gasteiger partial charge in [0.15, 0.2) is 0 Å². The second-order valence-electron chi connectivity index (χ2n) is 9.45. The number of hydrogen-bond donors (Lipinski definition) is 0. The predicted octanol–water partition coefficient (Wildman–Crippen LogP) is 9.35. The molecule has 0 N–H and O–H groups in total. The summed E-state index contributed by atoms with van der Waals surface area (Å²) in [5, 5.41) is 1.35. The lowest BCUT2D eigenvalue weighted by molar-refractivity contribution is 0.724. The maximum atomic E-state index is 2.50. The van der Waals surface area contributed by atoms with Crippen molar-refractivity contribution in [2.75, 3.05) is 0 Å². The molecule has 2 heteroatoms. The van der Waals surface area contributed by atoms with Gasteiger partial charge in [0, 0.05) is 32.1 Å². The van der Waals surface area contributed by atoms with E-state index in [1.54, 1.807) is 0 Å². The van der Waals surface area contributed by atoms with Crippen LogP contribution in [0.1, 0.15) is 24.1 Å². The van der Waals surface area contributed by atoms with Crippen molar-refractivity contribution in [1.82, 2.24) is 4.57 Å². The Balaban J connectivity index is 1.42. The summed E-state index contributed by atoms with van der Waals surface area (Å²) in [6, 6.07) is 41.8. The maximum absolute atomic E-state index is 2.50. The molecule has 7 rings (SSSR count). The molecule has 1 atom stereocenters.